The highest BCUT2D eigenvalue weighted by atomic mass is 32.1. The fourth-order valence-electron chi connectivity index (χ4n) is 2.78. The van der Waals surface area contributed by atoms with Gasteiger partial charge in [0.1, 0.15) is 5.82 Å². The molecular weight excluding hydrogens is 325 g/mol. The van der Waals surface area contributed by atoms with Crippen molar-refractivity contribution in [3.63, 3.8) is 0 Å². The molecule has 1 amide bonds. The molecule has 0 atom stereocenters. The lowest BCUT2D eigenvalue weighted by Crippen LogP contribution is -2.43. The number of anilines is 1. The van der Waals surface area contributed by atoms with Crippen LogP contribution in [-0.4, -0.2) is 11.0 Å². The lowest BCUT2D eigenvalue weighted by molar-refractivity contribution is 0.0944. The van der Waals surface area contributed by atoms with Gasteiger partial charge < -0.3 is 5.32 Å². The van der Waals surface area contributed by atoms with Gasteiger partial charge in [-0.25, -0.2) is 4.39 Å². The van der Waals surface area contributed by atoms with Crippen molar-refractivity contribution in [2.24, 2.45) is 0 Å². The molecule has 0 aromatic heterocycles. The van der Waals surface area contributed by atoms with Crippen molar-refractivity contribution < 1.29 is 9.18 Å². The number of rotatable bonds is 2. The van der Waals surface area contributed by atoms with Gasteiger partial charge in [-0.05, 0) is 73.3 Å². The highest BCUT2D eigenvalue weighted by molar-refractivity contribution is 7.80. The van der Waals surface area contributed by atoms with Gasteiger partial charge in [0.15, 0.2) is 5.11 Å². The predicted octanol–water partition coefficient (Wildman–Crippen LogP) is 3.34. The molecule has 0 bridgehead atoms. The highest BCUT2D eigenvalue weighted by Crippen LogP contribution is 2.22. The second kappa shape index (κ2) is 7.40. The maximum absolute atomic E-state index is 13.5. The van der Waals surface area contributed by atoms with Crippen LogP contribution in [0.5, 0.6) is 0 Å². The molecule has 2 aromatic carbocycles. The third-order valence-electron chi connectivity index (χ3n) is 4.02. The van der Waals surface area contributed by atoms with Crippen LogP contribution in [0, 0.1) is 5.82 Å². The molecule has 1 aliphatic rings. The standard InChI is InChI=1S/C18H18FN3OS/c19-15-7-3-4-8-16(15)20-18(24)22-21-17(23)14-10-9-12-5-1-2-6-13(12)11-14/h3-4,7-11H,1-2,5-6H2,(H,21,23)(H2,20,22,24). The van der Waals surface area contributed by atoms with Gasteiger partial charge in [0.05, 0.1) is 5.69 Å². The molecule has 0 unspecified atom stereocenters. The van der Waals surface area contributed by atoms with Crippen LogP contribution >= 0.6 is 12.2 Å². The van der Waals surface area contributed by atoms with Gasteiger partial charge >= 0.3 is 0 Å². The van der Waals surface area contributed by atoms with Crippen molar-refractivity contribution in [3.05, 3.63) is 65.0 Å². The van der Waals surface area contributed by atoms with Crippen LogP contribution in [0.1, 0.15) is 34.3 Å². The summed E-state index contributed by atoms with van der Waals surface area (Å²) in [5.41, 5.74) is 8.51. The Labute approximate surface area is 145 Å². The first-order chi connectivity index (χ1) is 11.6. The zero-order valence-electron chi connectivity index (χ0n) is 13.1. The molecule has 6 heteroatoms. The van der Waals surface area contributed by atoms with Crippen molar-refractivity contribution in [2.75, 3.05) is 5.32 Å². The number of hydrogen-bond donors (Lipinski definition) is 3. The number of amides is 1. The second-order valence-corrected chi connectivity index (χ2v) is 6.11. The van der Waals surface area contributed by atoms with E-state index in [4.69, 9.17) is 12.2 Å². The first-order valence-corrected chi connectivity index (χ1v) is 8.28. The van der Waals surface area contributed by atoms with Gasteiger partial charge in [-0.3, -0.25) is 15.6 Å². The third kappa shape index (κ3) is 3.89. The first-order valence-electron chi connectivity index (χ1n) is 7.87. The predicted molar refractivity (Wildman–Crippen MR) is 96.3 cm³/mol. The second-order valence-electron chi connectivity index (χ2n) is 5.70. The van der Waals surface area contributed by atoms with E-state index in [0.717, 1.165) is 19.3 Å². The Balaban J connectivity index is 1.57. The number of hydrogen-bond acceptors (Lipinski definition) is 2. The largest absolute Gasteiger partial charge is 0.329 e. The number of halogens is 1. The fourth-order valence-corrected chi connectivity index (χ4v) is 2.94. The molecule has 0 radical (unpaired) electrons. The van der Waals surface area contributed by atoms with Gasteiger partial charge in [0.2, 0.25) is 0 Å². The van der Waals surface area contributed by atoms with E-state index in [1.54, 1.807) is 18.2 Å². The molecule has 0 aliphatic heterocycles. The molecule has 124 valence electrons. The smallest absolute Gasteiger partial charge is 0.269 e. The van der Waals surface area contributed by atoms with Crippen molar-refractivity contribution in [1.82, 2.24) is 10.9 Å². The topological polar surface area (TPSA) is 53.2 Å². The molecular formula is C18H18FN3OS. The van der Waals surface area contributed by atoms with Crippen molar-refractivity contribution in [2.45, 2.75) is 25.7 Å². The zero-order chi connectivity index (χ0) is 16.9. The average molecular weight is 343 g/mol. The minimum absolute atomic E-state index is 0.117. The highest BCUT2D eigenvalue weighted by Gasteiger charge is 2.13. The number of benzene rings is 2. The zero-order valence-corrected chi connectivity index (χ0v) is 13.9. The van der Waals surface area contributed by atoms with Crippen LogP contribution in [-0.2, 0) is 12.8 Å². The van der Waals surface area contributed by atoms with Gasteiger partial charge in [0.25, 0.3) is 5.91 Å². The van der Waals surface area contributed by atoms with Crippen LogP contribution in [0.25, 0.3) is 0 Å². The van der Waals surface area contributed by atoms with Crippen LogP contribution in [0.15, 0.2) is 42.5 Å². The summed E-state index contributed by atoms with van der Waals surface area (Å²) < 4.78 is 13.5. The van der Waals surface area contributed by atoms with Crippen molar-refractivity contribution >= 4 is 28.9 Å². The van der Waals surface area contributed by atoms with E-state index in [1.165, 1.54) is 23.6 Å². The molecule has 4 nitrogen and oxygen atoms in total. The molecule has 24 heavy (non-hydrogen) atoms. The van der Waals surface area contributed by atoms with E-state index in [-0.39, 0.29) is 16.7 Å². The lowest BCUT2D eigenvalue weighted by atomic mass is 9.90. The minimum atomic E-state index is -0.414. The Bertz CT molecular complexity index is 779. The first kappa shape index (κ1) is 16.4. The molecule has 3 N–H and O–H groups in total. The van der Waals surface area contributed by atoms with Crippen LogP contribution in [0.2, 0.25) is 0 Å². The van der Waals surface area contributed by atoms with Crippen LogP contribution in [0.3, 0.4) is 0 Å². The van der Waals surface area contributed by atoms with Crippen LogP contribution < -0.4 is 16.2 Å². The average Bonchev–Trinajstić information content (AvgIpc) is 2.61. The Kier molecular flexibility index (Phi) is 5.05. The van der Waals surface area contributed by atoms with E-state index in [0.29, 0.717) is 5.56 Å². The Morgan fingerprint density at radius 1 is 1.00 bits per heavy atom. The fraction of sp³-hybridized carbons (Fsp3) is 0.222. The lowest BCUT2D eigenvalue weighted by Gasteiger charge is -2.17. The number of hydrazine groups is 1. The summed E-state index contributed by atoms with van der Waals surface area (Å²) in [7, 11) is 0. The summed E-state index contributed by atoms with van der Waals surface area (Å²) in [6.07, 6.45) is 4.45. The van der Waals surface area contributed by atoms with Crippen molar-refractivity contribution in [3.8, 4) is 0 Å². The molecule has 3 rings (SSSR count). The molecule has 2 aromatic rings. The molecule has 0 spiro atoms. The summed E-state index contributed by atoms with van der Waals surface area (Å²) in [6.45, 7) is 0. The van der Waals surface area contributed by atoms with Gasteiger partial charge in [0, 0.05) is 5.56 Å². The maximum Gasteiger partial charge on any atom is 0.269 e. The van der Waals surface area contributed by atoms with E-state index in [1.807, 2.05) is 18.2 Å². The normalized spacial score (nSPS) is 12.9. The number of thiocarbonyl (C=S) groups is 1. The molecule has 0 saturated heterocycles. The summed E-state index contributed by atoms with van der Waals surface area (Å²) in [6, 6.07) is 11.9. The summed E-state index contributed by atoms with van der Waals surface area (Å²) in [5.74, 6) is -0.691. The van der Waals surface area contributed by atoms with Gasteiger partial charge in [-0.1, -0.05) is 18.2 Å². The Morgan fingerprint density at radius 3 is 2.54 bits per heavy atom. The molecule has 0 saturated carbocycles. The summed E-state index contributed by atoms with van der Waals surface area (Å²) >= 11 is 5.06. The number of aryl methyl sites for hydroxylation is 2. The Hall–Kier alpha value is -2.47. The van der Waals surface area contributed by atoms with E-state index >= 15 is 0 Å². The monoisotopic (exact) mass is 343 g/mol. The van der Waals surface area contributed by atoms with E-state index in [9.17, 15) is 9.18 Å². The SMILES string of the molecule is O=C(NNC(=S)Nc1ccccc1F)c1ccc2c(c1)CCCC2. The number of para-hydroxylation sites is 1. The number of fused-ring (bicyclic) bond motifs is 1. The number of nitrogens with one attached hydrogen (secondary N) is 3. The maximum atomic E-state index is 13.5. The van der Waals surface area contributed by atoms with E-state index in [2.05, 4.69) is 16.2 Å². The molecule has 1 aliphatic carbocycles. The van der Waals surface area contributed by atoms with Crippen LogP contribution in [0.4, 0.5) is 10.1 Å². The van der Waals surface area contributed by atoms with Gasteiger partial charge in [-0.15, -0.1) is 0 Å². The quantitative estimate of drug-likeness (QED) is 0.578. The summed E-state index contributed by atoms with van der Waals surface area (Å²) in [5, 5.41) is 2.81. The van der Waals surface area contributed by atoms with Crippen molar-refractivity contribution in [1.29, 1.82) is 0 Å². The van der Waals surface area contributed by atoms with E-state index < -0.39 is 5.82 Å². The third-order valence-corrected chi connectivity index (χ3v) is 4.23. The van der Waals surface area contributed by atoms with Gasteiger partial charge in [-0.2, -0.15) is 0 Å². The Morgan fingerprint density at radius 2 is 1.75 bits per heavy atom. The summed E-state index contributed by atoms with van der Waals surface area (Å²) in [4.78, 5) is 12.2. The number of carbonyl (C=O) groups excluding carboxylic acids is 1. The minimum Gasteiger partial charge on any atom is -0.329 e. The molecule has 0 heterocycles. The molecule has 0 fully saturated rings. The number of carbonyl (C=O) groups is 1.